The largest absolute Gasteiger partial charge is 0.293 e. The molecule has 24 heavy (non-hydrogen) atoms. The first kappa shape index (κ1) is 14.9. The van der Waals surface area contributed by atoms with Crippen molar-refractivity contribution in [1.82, 2.24) is 14.6 Å². The number of fused-ring (bicyclic) bond motifs is 1. The van der Waals surface area contributed by atoms with Gasteiger partial charge in [0.1, 0.15) is 0 Å². The molecule has 3 aromatic heterocycles. The maximum absolute atomic E-state index is 12.6. The van der Waals surface area contributed by atoms with Crippen molar-refractivity contribution >= 4 is 17.0 Å². The number of rotatable bonds is 4. The van der Waals surface area contributed by atoms with E-state index in [1.165, 1.54) is 0 Å². The Kier molecular flexibility index (Phi) is 3.78. The number of nitrogens with one attached hydrogen (secondary N) is 1. The summed E-state index contributed by atoms with van der Waals surface area (Å²) < 4.78 is 1.56. The summed E-state index contributed by atoms with van der Waals surface area (Å²) in [6.07, 6.45) is 1.87. The molecule has 0 amide bonds. The third kappa shape index (κ3) is 2.47. The highest BCUT2D eigenvalue weighted by Crippen LogP contribution is 2.29. The molecule has 0 aliphatic heterocycles. The summed E-state index contributed by atoms with van der Waals surface area (Å²) in [5.74, 6) is 0. The quantitative estimate of drug-likeness (QED) is 0.602. The van der Waals surface area contributed by atoms with Crippen molar-refractivity contribution in [3.63, 3.8) is 0 Å². The molecule has 0 aliphatic rings. The lowest BCUT2D eigenvalue weighted by atomic mass is 10.0. The molecule has 0 bridgehead atoms. The summed E-state index contributed by atoms with van der Waals surface area (Å²) in [5.41, 5.74) is 5.47. The van der Waals surface area contributed by atoms with Crippen LogP contribution in [0.5, 0.6) is 0 Å². The highest BCUT2D eigenvalue weighted by molar-refractivity contribution is 7.08. The van der Waals surface area contributed by atoms with E-state index in [0.717, 1.165) is 40.9 Å². The lowest BCUT2D eigenvalue weighted by Gasteiger charge is -2.03. The molecule has 3 heterocycles. The van der Waals surface area contributed by atoms with Gasteiger partial charge < -0.3 is 0 Å². The Balaban J connectivity index is 2.04. The number of aryl methyl sites for hydroxylation is 1. The number of H-pyrrole nitrogens is 1. The number of aromatic nitrogens is 3. The third-order valence-corrected chi connectivity index (χ3v) is 4.75. The van der Waals surface area contributed by atoms with Crippen LogP contribution in [0.1, 0.15) is 19.0 Å². The number of hydrogen-bond acceptors (Lipinski definition) is 3. The van der Waals surface area contributed by atoms with Gasteiger partial charge in [-0.3, -0.25) is 9.89 Å². The minimum Gasteiger partial charge on any atom is -0.293 e. The molecule has 0 saturated carbocycles. The van der Waals surface area contributed by atoms with Gasteiger partial charge in [-0.15, -0.1) is 0 Å². The highest BCUT2D eigenvalue weighted by Gasteiger charge is 2.17. The molecular weight excluding hydrogens is 318 g/mol. The first-order chi connectivity index (χ1) is 11.8. The summed E-state index contributed by atoms with van der Waals surface area (Å²) in [4.78, 5) is 17.4. The second-order valence-electron chi connectivity index (χ2n) is 5.73. The van der Waals surface area contributed by atoms with Gasteiger partial charge in [0.2, 0.25) is 0 Å². The fraction of sp³-hybridized carbons (Fsp3) is 0.158. The van der Waals surface area contributed by atoms with E-state index < -0.39 is 0 Å². The van der Waals surface area contributed by atoms with Gasteiger partial charge in [0.05, 0.1) is 5.69 Å². The summed E-state index contributed by atoms with van der Waals surface area (Å²) >= 11 is 1.60. The van der Waals surface area contributed by atoms with Crippen molar-refractivity contribution < 1.29 is 0 Å². The number of benzene rings is 1. The van der Waals surface area contributed by atoms with Crippen LogP contribution in [-0.4, -0.2) is 14.6 Å². The van der Waals surface area contributed by atoms with Gasteiger partial charge in [-0.25, -0.2) is 9.50 Å². The van der Waals surface area contributed by atoms with Crippen LogP contribution in [0, 0.1) is 0 Å². The van der Waals surface area contributed by atoms with E-state index in [2.05, 4.69) is 24.2 Å². The molecule has 4 nitrogen and oxygen atoms in total. The Morgan fingerprint density at radius 3 is 2.71 bits per heavy atom. The van der Waals surface area contributed by atoms with E-state index in [-0.39, 0.29) is 5.56 Å². The van der Waals surface area contributed by atoms with Gasteiger partial charge in [0.25, 0.3) is 5.56 Å². The second-order valence-corrected chi connectivity index (χ2v) is 6.51. The molecular formula is C19H17N3OS. The van der Waals surface area contributed by atoms with E-state index in [9.17, 15) is 4.79 Å². The summed E-state index contributed by atoms with van der Waals surface area (Å²) in [6.45, 7) is 2.13. The number of thiophene rings is 1. The van der Waals surface area contributed by atoms with Gasteiger partial charge in [0.15, 0.2) is 5.65 Å². The molecule has 0 atom stereocenters. The molecule has 0 spiro atoms. The summed E-state index contributed by atoms with van der Waals surface area (Å²) in [6, 6.07) is 13.7. The lowest BCUT2D eigenvalue weighted by Crippen LogP contribution is -2.14. The Labute approximate surface area is 143 Å². The topological polar surface area (TPSA) is 50.2 Å². The zero-order chi connectivity index (χ0) is 16.5. The van der Waals surface area contributed by atoms with Gasteiger partial charge in [-0.05, 0) is 23.4 Å². The van der Waals surface area contributed by atoms with Crippen LogP contribution < -0.4 is 5.56 Å². The highest BCUT2D eigenvalue weighted by atomic mass is 32.1. The van der Waals surface area contributed by atoms with Gasteiger partial charge in [-0.2, -0.15) is 11.3 Å². The predicted molar refractivity (Wildman–Crippen MR) is 98.6 cm³/mol. The standard InChI is InChI=1S/C19H17N3OS/c1-2-6-15-18(13-7-4-3-5-8-13)19-20-16(14-9-10-24-12-14)11-17(23)22(19)21-15/h3-5,7-12,21H,2,6H2,1H3. The number of aromatic amines is 1. The average Bonchev–Trinajstić information content (AvgIpc) is 3.24. The Morgan fingerprint density at radius 1 is 1.17 bits per heavy atom. The zero-order valence-electron chi connectivity index (χ0n) is 13.3. The van der Waals surface area contributed by atoms with Crippen LogP contribution in [0.4, 0.5) is 0 Å². The minimum absolute atomic E-state index is 0.0827. The van der Waals surface area contributed by atoms with Gasteiger partial charge in [0, 0.05) is 28.3 Å². The number of hydrogen-bond donors (Lipinski definition) is 1. The normalized spacial score (nSPS) is 11.2. The van der Waals surface area contributed by atoms with Crippen molar-refractivity contribution in [2.75, 3.05) is 0 Å². The fourth-order valence-electron chi connectivity index (χ4n) is 2.98. The van der Waals surface area contributed by atoms with E-state index in [4.69, 9.17) is 4.98 Å². The first-order valence-electron chi connectivity index (χ1n) is 8.00. The van der Waals surface area contributed by atoms with E-state index in [1.807, 2.05) is 35.0 Å². The Morgan fingerprint density at radius 2 is 2.00 bits per heavy atom. The molecule has 4 aromatic rings. The molecule has 1 N–H and O–H groups in total. The van der Waals surface area contributed by atoms with Gasteiger partial charge >= 0.3 is 0 Å². The SMILES string of the molecule is CCCc1[nH]n2c(=O)cc(-c3ccsc3)nc2c1-c1ccccc1. The molecule has 0 unspecified atom stereocenters. The molecule has 5 heteroatoms. The van der Waals surface area contributed by atoms with Crippen molar-refractivity contribution in [1.29, 1.82) is 0 Å². The van der Waals surface area contributed by atoms with Crippen LogP contribution in [0.2, 0.25) is 0 Å². The van der Waals surface area contributed by atoms with E-state index in [1.54, 1.807) is 21.9 Å². The van der Waals surface area contributed by atoms with E-state index >= 15 is 0 Å². The molecule has 0 fully saturated rings. The molecule has 4 rings (SSSR count). The number of nitrogens with zero attached hydrogens (tertiary/aromatic N) is 2. The molecule has 0 saturated heterocycles. The molecule has 0 radical (unpaired) electrons. The van der Waals surface area contributed by atoms with Crippen molar-refractivity contribution in [2.45, 2.75) is 19.8 Å². The summed E-state index contributed by atoms with van der Waals surface area (Å²) in [5, 5.41) is 7.26. The fourth-order valence-corrected chi connectivity index (χ4v) is 3.63. The van der Waals surface area contributed by atoms with Crippen LogP contribution >= 0.6 is 11.3 Å². The molecule has 1 aromatic carbocycles. The maximum atomic E-state index is 12.6. The van der Waals surface area contributed by atoms with Crippen LogP contribution in [0.25, 0.3) is 28.0 Å². The van der Waals surface area contributed by atoms with Crippen molar-refractivity contribution in [3.05, 3.63) is 69.3 Å². The average molecular weight is 335 g/mol. The van der Waals surface area contributed by atoms with Crippen molar-refractivity contribution in [3.8, 4) is 22.4 Å². The van der Waals surface area contributed by atoms with Crippen molar-refractivity contribution in [2.24, 2.45) is 0 Å². The van der Waals surface area contributed by atoms with E-state index in [0.29, 0.717) is 5.65 Å². The molecule has 120 valence electrons. The van der Waals surface area contributed by atoms with Gasteiger partial charge in [-0.1, -0.05) is 43.7 Å². The minimum atomic E-state index is -0.0827. The third-order valence-electron chi connectivity index (χ3n) is 4.07. The smallest absolute Gasteiger partial charge is 0.273 e. The second kappa shape index (κ2) is 6.09. The van der Waals surface area contributed by atoms with Crippen LogP contribution in [0.15, 0.2) is 58.0 Å². The summed E-state index contributed by atoms with van der Waals surface area (Å²) in [7, 11) is 0. The molecule has 0 aliphatic carbocycles. The lowest BCUT2D eigenvalue weighted by molar-refractivity contribution is 0.819. The zero-order valence-corrected chi connectivity index (χ0v) is 14.1. The Hall–Kier alpha value is -2.66. The van der Waals surface area contributed by atoms with Crippen LogP contribution in [-0.2, 0) is 6.42 Å². The monoisotopic (exact) mass is 335 g/mol. The maximum Gasteiger partial charge on any atom is 0.273 e. The predicted octanol–water partition coefficient (Wildman–Crippen LogP) is 4.37. The Bertz CT molecular complexity index is 1030. The first-order valence-corrected chi connectivity index (χ1v) is 8.95. The van der Waals surface area contributed by atoms with Crippen LogP contribution in [0.3, 0.4) is 0 Å².